The molecule has 0 radical (unpaired) electrons. The number of nitrogens with one attached hydrogen (secondary N) is 1. The van der Waals surface area contributed by atoms with E-state index < -0.39 is 41.2 Å². The van der Waals surface area contributed by atoms with Gasteiger partial charge in [-0.2, -0.15) is 26.3 Å². The van der Waals surface area contributed by atoms with Crippen molar-refractivity contribution >= 4 is 11.6 Å². The van der Waals surface area contributed by atoms with E-state index in [9.17, 15) is 31.1 Å². The number of para-hydroxylation sites is 1. The number of anilines is 1. The van der Waals surface area contributed by atoms with Crippen LogP contribution in [0.3, 0.4) is 0 Å². The smallest absolute Gasteiger partial charge is 0.418 e. The minimum Gasteiger partial charge on any atom is -0.480 e. The largest absolute Gasteiger partial charge is 0.480 e. The zero-order valence-electron chi connectivity index (χ0n) is 12.9. The minimum atomic E-state index is -4.92. The molecule has 1 heterocycles. The number of amides is 1. The quantitative estimate of drug-likeness (QED) is 0.775. The fraction of sp³-hybridized carbons (Fsp3) is 0.235. The molecule has 9 heteroatoms. The summed E-state index contributed by atoms with van der Waals surface area (Å²) in [5, 5.41) is 1.92. The van der Waals surface area contributed by atoms with Gasteiger partial charge in [0.1, 0.15) is 5.75 Å². The average molecular weight is 375 g/mol. The fourth-order valence-electron chi connectivity index (χ4n) is 2.61. The summed E-state index contributed by atoms with van der Waals surface area (Å²) in [5.41, 5.74) is -2.93. The lowest BCUT2D eigenvalue weighted by Crippen LogP contribution is -2.32. The topological polar surface area (TPSA) is 38.3 Å². The van der Waals surface area contributed by atoms with Gasteiger partial charge in [-0.05, 0) is 29.8 Å². The van der Waals surface area contributed by atoms with E-state index in [4.69, 9.17) is 4.74 Å². The molecule has 26 heavy (non-hydrogen) atoms. The Balaban J connectivity index is 1.87. The molecule has 2 aromatic rings. The number of ether oxygens (including phenoxy) is 1. The maximum Gasteiger partial charge on any atom is 0.418 e. The van der Waals surface area contributed by atoms with Gasteiger partial charge in [0.2, 0.25) is 0 Å². The molecule has 0 fully saturated rings. The van der Waals surface area contributed by atoms with Crippen molar-refractivity contribution in [2.24, 2.45) is 0 Å². The van der Waals surface area contributed by atoms with Crippen LogP contribution in [0.5, 0.6) is 5.75 Å². The SMILES string of the molecule is O=C(Nc1cc(C(F)(F)F)ccc1C(F)(F)F)C1Cc2ccccc2O1. The molecule has 1 atom stereocenters. The van der Waals surface area contributed by atoms with E-state index in [-0.39, 0.29) is 12.5 Å². The van der Waals surface area contributed by atoms with Crippen LogP contribution in [0, 0.1) is 0 Å². The van der Waals surface area contributed by atoms with Gasteiger partial charge < -0.3 is 10.1 Å². The average Bonchev–Trinajstić information content (AvgIpc) is 2.97. The molecule has 0 aliphatic carbocycles. The number of carbonyl (C=O) groups excluding carboxylic acids is 1. The second-order valence-corrected chi connectivity index (χ2v) is 5.66. The first kappa shape index (κ1) is 18.1. The predicted molar refractivity (Wildman–Crippen MR) is 79.6 cm³/mol. The Kier molecular flexibility index (Phi) is 4.33. The van der Waals surface area contributed by atoms with Gasteiger partial charge in [-0.25, -0.2) is 0 Å². The number of fused-ring (bicyclic) bond motifs is 1. The van der Waals surface area contributed by atoms with Gasteiger partial charge in [-0.15, -0.1) is 0 Å². The third-order valence-electron chi connectivity index (χ3n) is 3.85. The van der Waals surface area contributed by atoms with Crippen molar-refractivity contribution in [2.75, 3.05) is 5.32 Å². The van der Waals surface area contributed by atoms with Crippen molar-refractivity contribution in [2.45, 2.75) is 24.9 Å². The van der Waals surface area contributed by atoms with Gasteiger partial charge in [0.15, 0.2) is 6.10 Å². The molecule has 0 spiro atoms. The number of rotatable bonds is 2. The molecule has 1 aliphatic rings. The maximum atomic E-state index is 13.1. The van der Waals surface area contributed by atoms with E-state index in [0.29, 0.717) is 23.4 Å². The molecule has 1 unspecified atom stereocenters. The van der Waals surface area contributed by atoms with Crippen molar-refractivity contribution in [1.29, 1.82) is 0 Å². The van der Waals surface area contributed by atoms with Crippen LogP contribution in [-0.4, -0.2) is 12.0 Å². The third kappa shape index (κ3) is 3.61. The number of hydrogen-bond donors (Lipinski definition) is 1. The summed E-state index contributed by atoms with van der Waals surface area (Å²) >= 11 is 0. The lowest BCUT2D eigenvalue weighted by Gasteiger charge is -2.18. The van der Waals surface area contributed by atoms with Crippen LogP contribution >= 0.6 is 0 Å². The Labute approximate surface area is 143 Å². The Hall–Kier alpha value is -2.71. The second kappa shape index (κ2) is 6.22. The zero-order valence-corrected chi connectivity index (χ0v) is 12.9. The van der Waals surface area contributed by atoms with E-state index in [2.05, 4.69) is 0 Å². The Morgan fingerprint density at radius 3 is 2.31 bits per heavy atom. The van der Waals surface area contributed by atoms with Gasteiger partial charge in [-0.3, -0.25) is 4.79 Å². The molecule has 0 saturated heterocycles. The zero-order chi connectivity index (χ0) is 19.1. The first-order chi connectivity index (χ1) is 12.1. The first-order valence-electron chi connectivity index (χ1n) is 7.39. The monoisotopic (exact) mass is 375 g/mol. The number of halogens is 6. The van der Waals surface area contributed by atoms with Gasteiger partial charge in [0, 0.05) is 6.42 Å². The first-order valence-corrected chi connectivity index (χ1v) is 7.39. The van der Waals surface area contributed by atoms with Crippen LogP contribution in [0.1, 0.15) is 16.7 Å². The molecule has 3 nitrogen and oxygen atoms in total. The Bertz CT molecular complexity index is 819. The van der Waals surface area contributed by atoms with Crippen LogP contribution in [0.25, 0.3) is 0 Å². The molecule has 1 amide bonds. The lowest BCUT2D eigenvalue weighted by atomic mass is 10.1. The molecule has 138 valence electrons. The van der Waals surface area contributed by atoms with Crippen molar-refractivity contribution in [3.05, 3.63) is 59.2 Å². The lowest BCUT2D eigenvalue weighted by molar-refractivity contribution is -0.141. The van der Waals surface area contributed by atoms with Crippen LogP contribution in [0.2, 0.25) is 0 Å². The van der Waals surface area contributed by atoms with E-state index in [1.807, 2.05) is 5.32 Å². The normalized spacial score (nSPS) is 16.8. The van der Waals surface area contributed by atoms with E-state index in [1.54, 1.807) is 24.3 Å². The van der Waals surface area contributed by atoms with Crippen molar-refractivity contribution in [1.82, 2.24) is 0 Å². The summed E-state index contributed by atoms with van der Waals surface area (Å²) < 4.78 is 82.9. The highest BCUT2D eigenvalue weighted by molar-refractivity contribution is 5.96. The standard InChI is InChI=1S/C17H11F6NO2/c18-16(19,20)10-5-6-11(17(21,22)23)12(8-10)24-15(25)14-7-9-3-1-2-4-13(9)26-14/h1-6,8,14H,7H2,(H,24,25). The summed E-state index contributed by atoms with van der Waals surface area (Å²) in [7, 11) is 0. The summed E-state index contributed by atoms with van der Waals surface area (Å²) in [5.74, 6) is -0.543. The molecular formula is C17H11F6NO2. The molecular weight excluding hydrogens is 364 g/mol. The highest BCUT2D eigenvalue weighted by Gasteiger charge is 2.38. The van der Waals surface area contributed by atoms with E-state index in [0.717, 1.165) is 0 Å². The molecule has 1 N–H and O–H groups in total. The molecule has 2 aromatic carbocycles. The fourth-order valence-corrected chi connectivity index (χ4v) is 2.61. The van der Waals surface area contributed by atoms with Crippen molar-refractivity contribution in [3.8, 4) is 5.75 Å². The van der Waals surface area contributed by atoms with Gasteiger partial charge in [0.25, 0.3) is 5.91 Å². The van der Waals surface area contributed by atoms with Crippen LogP contribution < -0.4 is 10.1 Å². The van der Waals surface area contributed by atoms with Gasteiger partial charge in [-0.1, -0.05) is 18.2 Å². The summed E-state index contributed by atoms with van der Waals surface area (Å²) in [6, 6.07) is 7.53. The number of hydrogen-bond acceptors (Lipinski definition) is 2. The highest BCUT2D eigenvalue weighted by atomic mass is 19.4. The Morgan fingerprint density at radius 1 is 1.00 bits per heavy atom. The van der Waals surface area contributed by atoms with Crippen molar-refractivity contribution < 1.29 is 35.9 Å². The van der Waals surface area contributed by atoms with Crippen LogP contribution in [0.15, 0.2) is 42.5 Å². The number of carbonyl (C=O) groups is 1. The van der Waals surface area contributed by atoms with Crippen molar-refractivity contribution in [3.63, 3.8) is 0 Å². The van der Waals surface area contributed by atoms with E-state index >= 15 is 0 Å². The molecule has 0 bridgehead atoms. The van der Waals surface area contributed by atoms with Crippen LogP contribution in [-0.2, 0) is 23.6 Å². The van der Waals surface area contributed by atoms with Gasteiger partial charge in [0.05, 0.1) is 16.8 Å². The minimum absolute atomic E-state index is 0.113. The summed E-state index contributed by atoms with van der Waals surface area (Å²) in [4.78, 5) is 12.2. The highest BCUT2D eigenvalue weighted by Crippen LogP contribution is 2.39. The van der Waals surface area contributed by atoms with Crippen LogP contribution in [0.4, 0.5) is 32.0 Å². The number of alkyl halides is 6. The molecule has 1 aliphatic heterocycles. The van der Waals surface area contributed by atoms with E-state index in [1.165, 1.54) is 0 Å². The third-order valence-corrected chi connectivity index (χ3v) is 3.85. The maximum absolute atomic E-state index is 13.1. The summed E-state index contributed by atoms with van der Waals surface area (Å²) in [6.07, 6.45) is -10.8. The second-order valence-electron chi connectivity index (χ2n) is 5.66. The predicted octanol–water partition coefficient (Wildman–Crippen LogP) is 4.67. The molecule has 0 saturated carbocycles. The summed E-state index contributed by atoms with van der Waals surface area (Å²) in [6.45, 7) is 0. The number of benzene rings is 2. The molecule has 0 aromatic heterocycles. The van der Waals surface area contributed by atoms with Gasteiger partial charge >= 0.3 is 12.4 Å². The Morgan fingerprint density at radius 2 is 1.69 bits per heavy atom. The molecule has 3 rings (SSSR count).